The lowest BCUT2D eigenvalue weighted by atomic mass is 10.1. The normalized spacial score (nSPS) is 20.6. The monoisotopic (exact) mass is 305 g/mol. The van der Waals surface area contributed by atoms with Gasteiger partial charge in [-0.25, -0.2) is 13.1 Å². The molecular weight excluding hydrogens is 274 g/mol. The van der Waals surface area contributed by atoms with Crippen LogP contribution in [-0.2, 0) is 10.0 Å². The third kappa shape index (κ3) is 7.57. The molecule has 1 rings (SSSR count). The molecule has 1 unspecified atom stereocenters. The molecule has 0 bridgehead atoms. The summed E-state index contributed by atoms with van der Waals surface area (Å²) in [7, 11) is -3.08. The fourth-order valence-corrected chi connectivity index (χ4v) is 3.75. The SMILES string of the molecule is CCCNCCCCS(=O)(=O)NCC1CCN(CC)C1. The molecule has 1 aliphatic heterocycles. The first-order valence-electron chi connectivity index (χ1n) is 7.97. The number of nitrogens with zero attached hydrogens (tertiary/aromatic N) is 1. The standard InChI is InChI=1S/C14H31N3O2S/c1-3-8-15-9-5-6-11-20(18,19)16-12-14-7-10-17(4-2)13-14/h14-16H,3-13H2,1-2H3. The van der Waals surface area contributed by atoms with Gasteiger partial charge in [-0.05, 0) is 57.8 Å². The second-order valence-electron chi connectivity index (χ2n) is 5.67. The molecule has 0 spiro atoms. The van der Waals surface area contributed by atoms with Crippen molar-refractivity contribution in [3.8, 4) is 0 Å². The molecule has 0 radical (unpaired) electrons. The van der Waals surface area contributed by atoms with Crippen molar-refractivity contribution >= 4 is 10.0 Å². The second kappa shape index (κ2) is 9.71. The van der Waals surface area contributed by atoms with Gasteiger partial charge in [0, 0.05) is 13.1 Å². The molecule has 20 heavy (non-hydrogen) atoms. The fourth-order valence-electron chi connectivity index (χ4n) is 2.53. The van der Waals surface area contributed by atoms with Crippen LogP contribution in [-0.4, -0.2) is 58.3 Å². The Labute approximate surface area is 124 Å². The van der Waals surface area contributed by atoms with Crippen molar-refractivity contribution < 1.29 is 8.42 Å². The Morgan fingerprint density at radius 2 is 2.00 bits per heavy atom. The maximum absolute atomic E-state index is 11.9. The second-order valence-corrected chi connectivity index (χ2v) is 7.60. The largest absolute Gasteiger partial charge is 0.317 e. The van der Waals surface area contributed by atoms with Gasteiger partial charge in [0.1, 0.15) is 0 Å². The predicted octanol–water partition coefficient (Wildman–Crippen LogP) is 1.03. The van der Waals surface area contributed by atoms with E-state index in [4.69, 9.17) is 0 Å². The predicted molar refractivity (Wildman–Crippen MR) is 84.4 cm³/mol. The summed E-state index contributed by atoms with van der Waals surface area (Å²) in [6, 6.07) is 0. The molecule has 1 heterocycles. The van der Waals surface area contributed by atoms with Crippen molar-refractivity contribution in [2.75, 3.05) is 45.0 Å². The summed E-state index contributed by atoms with van der Waals surface area (Å²) < 4.78 is 26.5. The first-order valence-corrected chi connectivity index (χ1v) is 9.63. The van der Waals surface area contributed by atoms with Crippen LogP contribution in [0.4, 0.5) is 0 Å². The van der Waals surface area contributed by atoms with E-state index in [0.717, 1.165) is 58.4 Å². The summed E-state index contributed by atoms with van der Waals surface area (Å²) in [5, 5.41) is 3.29. The van der Waals surface area contributed by atoms with Gasteiger partial charge in [0.2, 0.25) is 10.0 Å². The molecule has 0 aromatic carbocycles. The van der Waals surface area contributed by atoms with Crippen molar-refractivity contribution in [2.45, 2.75) is 39.5 Å². The van der Waals surface area contributed by atoms with Crippen molar-refractivity contribution in [3.63, 3.8) is 0 Å². The fraction of sp³-hybridized carbons (Fsp3) is 1.00. The minimum atomic E-state index is -3.08. The number of nitrogens with one attached hydrogen (secondary N) is 2. The molecule has 1 aliphatic rings. The van der Waals surface area contributed by atoms with Crippen LogP contribution in [0.1, 0.15) is 39.5 Å². The molecule has 120 valence electrons. The summed E-state index contributed by atoms with van der Waals surface area (Å²) in [6.45, 7) is 10.0. The highest BCUT2D eigenvalue weighted by Crippen LogP contribution is 2.14. The Hall–Kier alpha value is -0.170. The van der Waals surface area contributed by atoms with Crippen LogP contribution < -0.4 is 10.0 Å². The molecule has 0 amide bonds. The van der Waals surface area contributed by atoms with Crippen LogP contribution in [0.3, 0.4) is 0 Å². The highest BCUT2D eigenvalue weighted by atomic mass is 32.2. The van der Waals surface area contributed by atoms with Crippen LogP contribution in [0, 0.1) is 5.92 Å². The molecule has 0 saturated carbocycles. The molecule has 1 saturated heterocycles. The van der Waals surface area contributed by atoms with Crippen LogP contribution in [0.2, 0.25) is 0 Å². The molecule has 6 heteroatoms. The lowest BCUT2D eigenvalue weighted by Crippen LogP contribution is -2.32. The quantitative estimate of drug-likeness (QED) is 0.560. The zero-order chi connectivity index (χ0) is 14.8. The molecule has 0 aromatic rings. The van der Waals surface area contributed by atoms with E-state index in [9.17, 15) is 8.42 Å². The van der Waals surface area contributed by atoms with E-state index in [1.165, 1.54) is 0 Å². The number of hydrogen-bond donors (Lipinski definition) is 2. The number of hydrogen-bond acceptors (Lipinski definition) is 4. The molecular formula is C14H31N3O2S. The van der Waals surface area contributed by atoms with Crippen molar-refractivity contribution in [1.82, 2.24) is 14.9 Å². The van der Waals surface area contributed by atoms with Crippen molar-refractivity contribution in [2.24, 2.45) is 5.92 Å². The van der Waals surface area contributed by atoms with E-state index >= 15 is 0 Å². The van der Waals surface area contributed by atoms with Gasteiger partial charge < -0.3 is 10.2 Å². The Balaban J connectivity index is 2.09. The zero-order valence-corrected chi connectivity index (χ0v) is 13.8. The van der Waals surface area contributed by atoms with Gasteiger partial charge in [0.15, 0.2) is 0 Å². The minimum absolute atomic E-state index is 0.255. The van der Waals surface area contributed by atoms with Gasteiger partial charge in [0.25, 0.3) is 0 Å². The van der Waals surface area contributed by atoms with Crippen LogP contribution in [0.25, 0.3) is 0 Å². The summed E-state index contributed by atoms with van der Waals surface area (Å²) in [5.74, 6) is 0.737. The number of sulfonamides is 1. The summed E-state index contributed by atoms with van der Waals surface area (Å²) >= 11 is 0. The molecule has 2 N–H and O–H groups in total. The topological polar surface area (TPSA) is 61.4 Å². The molecule has 1 fully saturated rings. The van der Waals surface area contributed by atoms with Gasteiger partial charge in [-0.3, -0.25) is 0 Å². The van der Waals surface area contributed by atoms with E-state index < -0.39 is 10.0 Å². The third-order valence-electron chi connectivity index (χ3n) is 3.85. The average Bonchev–Trinajstić information content (AvgIpc) is 2.89. The summed E-state index contributed by atoms with van der Waals surface area (Å²) in [6.07, 6.45) is 3.89. The van der Waals surface area contributed by atoms with Crippen LogP contribution >= 0.6 is 0 Å². The van der Waals surface area contributed by atoms with Gasteiger partial charge in [-0.1, -0.05) is 13.8 Å². The number of likely N-dealkylation sites (tertiary alicyclic amines) is 1. The van der Waals surface area contributed by atoms with E-state index in [0.29, 0.717) is 12.5 Å². The molecule has 1 atom stereocenters. The average molecular weight is 305 g/mol. The smallest absolute Gasteiger partial charge is 0.211 e. The van der Waals surface area contributed by atoms with Crippen molar-refractivity contribution in [3.05, 3.63) is 0 Å². The molecule has 5 nitrogen and oxygen atoms in total. The minimum Gasteiger partial charge on any atom is -0.317 e. The number of rotatable bonds is 11. The lowest BCUT2D eigenvalue weighted by molar-refractivity contribution is 0.342. The Bertz CT molecular complexity index is 346. The first-order chi connectivity index (χ1) is 9.57. The van der Waals surface area contributed by atoms with E-state index in [1.54, 1.807) is 0 Å². The summed E-state index contributed by atoms with van der Waals surface area (Å²) in [4.78, 5) is 2.37. The maximum Gasteiger partial charge on any atom is 0.211 e. The first kappa shape index (κ1) is 17.9. The Morgan fingerprint density at radius 1 is 1.20 bits per heavy atom. The highest BCUT2D eigenvalue weighted by molar-refractivity contribution is 7.89. The van der Waals surface area contributed by atoms with Gasteiger partial charge in [0.05, 0.1) is 5.75 Å². The van der Waals surface area contributed by atoms with E-state index in [1.807, 2.05) is 0 Å². The number of unbranched alkanes of at least 4 members (excludes halogenated alkanes) is 1. The van der Waals surface area contributed by atoms with Gasteiger partial charge >= 0.3 is 0 Å². The van der Waals surface area contributed by atoms with Gasteiger partial charge in [-0.15, -0.1) is 0 Å². The Kier molecular flexibility index (Phi) is 8.68. The van der Waals surface area contributed by atoms with Crippen LogP contribution in [0.5, 0.6) is 0 Å². The maximum atomic E-state index is 11.9. The van der Waals surface area contributed by atoms with Gasteiger partial charge in [-0.2, -0.15) is 0 Å². The molecule has 0 aliphatic carbocycles. The van der Waals surface area contributed by atoms with Crippen molar-refractivity contribution in [1.29, 1.82) is 0 Å². The van der Waals surface area contributed by atoms with E-state index in [-0.39, 0.29) is 5.75 Å². The van der Waals surface area contributed by atoms with Crippen LogP contribution in [0.15, 0.2) is 0 Å². The Morgan fingerprint density at radius 3 is 2.65 bits per heavy atom. The molecule has 0 aromatic heterocycles. The third-order valence-corrected chi connectivity index (χ3v) is 5.29. The van der Waals surface area contributed by atoms with E-state index in [2.05, 4.69) is 28.8 Å². The lowest BCUT2D eigenvalue weighted by Gasteiger charge is -2.14. The highest BCUT2D eigenvalue weighted by Gasteiger charge is 2.22. The zero-order valence-electron chi connectivity index (χ0n) is 13.0. The summed E-state index contributed by atoms with van der Waals surface area (Å²) in [5.41, 5.74) is 0.